The van der Waals surface area contributed by atoms with Crippen molar-refractivity contribution in [3.63, 3.8) is 0 Å². The third-order valence-corrected chi connectivity index (χ3v) is 5.00. The molecular weight excluding hydrogens is 360 g/mol. The van der Waals surface area contributed by atoms with Crippen molar-refractivity contribution in [1.29, 1.82) is 0 Å². The van der Waals surface area contributed by atoms with Gasteiger partial charge in [0.25, 0.3) is 0 Å². The summed E-state index contributed by atoms with van der Waals surface area (Å²) in [5, 5.41) is 12.5. The Labute approximate surface area is 136 Å². The SMILES string of the molecule is CC1CCN(C(=O)Nc2cccc(Cl)c2Br)C(C(=O)O)C1. The van der Waals surface area contributed by atoms with E-state index in [1.165, 1.54) is 4.90 Å². The number of hydrogen-bond acceptors (Lipinski definition) is 2. The Hall–Kier alpha value is -1.27. The van der Waals surface area contributed by atoms with Crippen LogP contribution in [0.4, 0.5) is 10.5 Å². The van der Waals surface area contributed by atoms with Crippen molar-refractivity contribution in [2.45, 2.75) is 25.8 Å². The second kappa shape index (κ2) is 6.66. The zero-order valence-electron chi connectivity index (χ0n) is 11.5. The van der Waals surface area contributed by atoms with Crippen molar-refractivity contribution in [3.8, 4) is 0 Å². The van der Waals surface area contributed by atoms with E-state index in [4.69, 9.17) is 11.6 Å². The molecule has 0 spiro atoms. The number of piperidine rings is 1. The van der Waals surface area contributed by atoms with Gasteiger partial charge in [-0.05, 0) is 46.8 Å². The Kier molecular flexibility index (Phi) is 5.11. The van der Waals surface area contributed by atoms with Crippen LogP contribution < -0.4 is 5.32 Å². The number of halogens is 2. The maximum absolute atomic E-state index is 12.3. The van der Waals surface area contributed by atoms with Crippen molar-refractivity contribution in [3.05, 3.63) is 27.7 Å². The number of aliphatic carboxylic acids is 1. The average Bonchev–Trinajstić information content (AvgIpc) is 2.43. The summed E-state index contributed by atoms with van der Waals surface area (Å²) in [6, 6.07) is 3.92. The average molecular weight is 376 g/mol. The summed E-state index contributed by atoms with van der Waals surface area (Å²) in [5.74, 6) is -0.671. The van der Waals surface area contributed by atoms with Crippen LogP contribution in [0.5, 0.6) is 0 Å². The molecule has 2 rings (SSSR count). The van der Waals surface area contributed by atoms with Crippen LogP contribution >= 0.6 is 27.5 Å². The van der Waals surface area contributed by atoms with Crippen molar-refractivity contribution in [2.75, 3.05) is 11.9 Å². The fourth-order valence-electron chi connectivity index (χ4n) is 2.41. The van der Waals surface area contributed by atoms with Gasteiger partial charge in [-0.3, -0.25) is 0 Å². The van der Waals surface area contributed by atoms with E-state index in [2.05, 4.69) is 21.2 Å². The third kappa shape index (κ3) is 3.68. The molecule has 1 aliphatic heterocycles. The Morgan fingerprint density at radius 3 is 2.86 bits per heavy atom. The molecule has 2 atom stereocenters. The number of urea groups is 1. The minimum absolute atomic E-state index is 0.299. The van der Waals surface area contributed by atoms with E-state index in [0.717, 1.165) is 6.42 Å². The Bertz CT molecular complexity index is 567. The van der Waals surface area contributed by atoms with Gasteiger partial charge in [0.1, 0.15) is 6.04 Å². The predicted molar refractivity (Wildman–Crippen MR) is 84.7 cm³/mol. The van der Waals surface area contributed by atoms with Crippen LogP contribution in [0.2, 0.25) is 5.02 Å². The lowest BCUT2D eigenvalue weighted by Crippen LogP contribution is -2.51. The van der Waals surface area contributed by atoms with Gasteiger partial charge in [-0.2, -0.15) is 0 Å². The van der Waals surface area contributed by atoms with Gasteiger partial charge in [0, 0.05) is 6.54 Å². The minimum atomic E-state index is -0.971. The van der Waals surface area contributed by atoms with E-state index in [-0.39, 0.29) is 0 Å². The molecule has 1 heterocycles. The summed E-state index contributed by atoms with van der Waals surface area (Å²) in [4.78, 5) is 25.0. The van der Waals surface area contributed by atoms with E-state index in [1.54, 1.807) is 18.2 Å². The first-order chi connectivity index (χ1) is 9.90. The standard InChI is InChI=1S/C14H16BrClN2O3/c1-8-5-6-18(11(7-8)13(19)20)14(21)17-10-4-2-3-9(16)12(10)15/h2-4,8,11H,5-7H2,1H3,(H,17,21)(H,19,20). The Morgan fingerprint density at radius 1 is 1.48 bits per heavy atom. The molecule has 2 amide bonds. The molecular formula is C14H16BrClN2O3. The molecule has 1 aliphatic rings. The molecule has 0 aromatic heterocycles. The minimum Gasteiger partial charge on any atom is -0.480 e. The van der Waals surface area contributed by atoms with Gasteiger partial charge >= 0.3 is 12.0 Å². The van der Waals surface area contributed by atoms with E-state index in [9.17, 15) is 14.7 Å². The van der Waals surface area contributed by atoms with Crippen LogP contribution in [0.15, 0.2) is 22.7 Å². The number of carbonyl (C=O) groups is 2. The number of carboxylic acid groups (broad SMARTS) is 1. The van der Waals surface area contributed by atoms with E-state index in [0.29, 0.717) is 34.1 Å². The number of nitrogens with zero attached hydrogens (tertiary/aromatic N) is 1. The van der Waals surface area contributed by atoms with Gasteiger partial charge in [0.2, 0.25) is 0 Å². The van der Waals surface area contributed by atoms with Crippen molar-refractivity contribution < 1.29 is 14.7 Å². The molecule has 0 radical (unpaired) electrons. The highest BCUT2D eigenvalue weighted by Crippen LogP contribution is 2.31. The lowest BCUT2D eigenvalue weighted by molar-refractivity contribution is -0.143. The van der Waals surface area contributed by atoms with Crippen LogP contribution in [0.25, 0.3) is 0 Å². The fourth-order valence-corrected chi connectivity index (χ4v) is 2.94. The summed E-state index contributed by atoms with van der Waals surface area (Å²) < 4.78 is 0.581. The smallest absolute Gasteiger partial charge is 0.326 e. The number of rotatable bonds is 2. The predicted octanol–water partition coefficient (Wildman–Crippen LogP) is 3.82. The number of anilines is 1. The highest BCUT2D eigenvalue weighted by molar-refractivity contribution is 9.10. The number of carbonyl (C=O) groups excluding carboxylic acids is 1. The Balaban J connectivity index is 2.15. The number of amides is 2. The summed E-state index contributed by atoms with van der Waals surface area (Å²) in [7, 11) is 0. The molecule has 0 aliphatic carbocycles. The molecule has 5 nitrogen and oxygen atoms in total. The monoisotopic (exact) mass is 374 g/mol. The van der Waals surface area contributed by atoms with Gasteiger partial charge in [-0.1, -0.05) is 24.6 Å². The van der Waals surface area contributed by atoms with Crippen LogP contribution in [-0.4, -0.2) is 34.6 Å². The lowest BCUT2D eigenvalue weighted by Gasteiger charge is -2.35. The van der Waals surface area contributed by atoms with Crippen LogP contribution in [0.3, 0.4) is 0 Å². The number of carboxylic acids is 1. The Morgan fingerprint density at radius 2 is 2.19 bits per heavy atom. The second-order valence-electron chi connectivity index (χ2n) is 5.21. The molecule has 0 bridgehead atoms. The molecule has 1 aromatic rings. The zero-order valence-corrected chi connectivity index (χ0v) is 13.8. The number of benzene rings is 1. The largest absolute Gasteiger partial charge is 0.480 e. The molecule has 114 valence electrons. The second-order valence-corrected chi connectivity index (χ2v) is 6.41. The highest BCUT2D eigenvalue weighted by atomic mass is 79.9. The quantitative estimate of drug-likeness (QED) is 0.825. The van der Waals surface area contributed by atoms with Crippen molar-refractivity contribution in [1.82, 2.24) is 4.90 Å². The molecule has 7 heteroatoms. The summed E-state index contributed by atoms with van der Waals surface area (Å²) in [6.07, 6.45) is 1.27. The van der Waals surface area contributed by atoms with Crippen molar-refractivity contribution >= 4 is 45.2 Å². The number of likely N-dealkylation sites (tertiary alicyclic amines) is 1. The maximum Gasteiger partial charge on any atom is 0.326 e. The lowest BCUT2D eigenvalue weighted by atomic mass is 9.93. The summed E-state index contributed by atoms with van der Waals surface area (Å²) in [6.45, 7) is 2.43. The third-order valence-electron chi connectivity index (χ3n) is 3.60. The molecule has 2 unspecified atom stereocenters. The van der Waals surface area contributed by atoms with E-state index in [1.807, 2.05) is 6.92 Å². The first kappa shape index (κ1) is 16.1. The molecule has 1 saturated heterocycles. The molecule has 21 heavy (non-hydrogen) atoms. The van der Waals surface area contributed by atoms with E-state index < -0.39 is 18.0 Å². The van der Waals surface area contributed by atoms with Gasteiger partial charge in [-0.15, -0.1) is 0 Å². The van der Waals surface area contributed by atoms with Crippen molar-refractivity contribution in [2.24, 2.45) is 5.92 Å². The molecule has 2 N–H and O–H groups in total. The van der Waals surface area contributed by atoms with Gasteiger partial charge in [-0.25, -0.2) is 9.59 Å². The topological polar surface area (TPSA) is 69.6 Å². The molecule has 1 fully saturated rings. The van der Waals surface area contributed by atoms with Gasteiger partial charge in [0.05, 0.1) is 15.2 Å². The van der Waals surface area contributed by atoms with Gasteiger partial charge < -0.3 is 15.3 Å². The van der Waals surface area contributed by atoms with Crippen LogP contribution in [-0.2, 0) is 4.79 Å². The van der Waals surface area contributed by atoms with E-state index >= 15 is 0 Å². The number of nitrogens with one attached hydrogen (secondary N) is 1. The normalized spacial score (nSPS) is 22.0. The summed E-state index contributed by atoms with van der Waals surface area (Å²) >= 11 is 9.28. The zero-order chi connectivity index (χ0) is 15.6. The summed E-state index contributed by atoms with van der Waals surface area (Å²) in [5.41, 5.74) is 0.523. The van der Waals surface area contributed by atoms with Gasteiger partial charge in [0.15, 0.2) is 0 Å². The maximum atomic E-state index is 12.3. The van der Waals surface area contributed by atoms with Crippen LogP contribution in [0, 0.1) is 5.92 Å². The molecule has 1 aromatic carbocycles. The highest BCUT2D eigenvalue weighted by Gasteiger charge is 2.34. The number of hydrogen-bond donors (Lipinski definition) is 2. The van der Waals surface area contributed by atoms with Crippen LogP contribution in [0.1, 0.15) is 19.8 Å². The molecule has 0 saturated carbocycles. The first-order valence-electron chi connectivity index (χ1n) is 6.64. The fraction of sp³-hybridized carbons (Fsp3) is 0.429. The first-order valence-corrected chi connectivity index (χ1v) is 7.81.